The molecule has 0 radical (unpaired) electrons. The van der Waals surface area contributed by atoms with Crippen LogP contribution in [0.2, 0.25) is 0 Å². The molecule has 4 nitrogen and oxygen atoms in total. The quantitative estimate of drug-likeness (QED) is 0.798. The molecule has 116 valence electrons. The molecule has 1 aromatic rings. The minimum absolute atomic E-state index is 0.201. The molecule has 2 amide bonds. The Morgan fingerprint density at radius 2 is 1.95 bits per heavy atom. The van der Waals surface area contributed by atoms with Gasteiger partial charge in [-0.1, -0.05) is 12.1 Å². The first-order chi connectivity index (χ1) is 9.95. The van der Waals surface area contributed by atoms with Crippen LogP contribution in [-0.4, -0.2) is 25.7 Å². The van der Waals surface area contributed by atoms with E-state index < -0.39 is 11.7 Å². The van der Waals surface area contributed by atoms with Gasteiger partial charge in [0.25, 0.3) is 0 Å². The molecule has 0 bridgehead atoms. The Morgan fingerprint density at radius 3 is 2.52 bits per heavy atom. The Bertz CT molecular complexity index is 467. The van der Waals surface area contributed by atoms with Crippen molar-refractivity contribution in [3.63, 3.8) is 0 Å². The monoisotopic (exact) mass is 301 g/mol. The van der Waals surface area contributed by atoms with E-state index in [1.807, 2.05) is 0 Å². The van der Waals surface area contributed by atoms with Gasteiger partial charge >= 0.3 is 12.2 Å². The maximum Gasteiger partial charge on any atom is 0.416 e. The Hall–Kier alpha value is -1.76. The predicted octanol–water partition coefficient (Wildman–Crippen LogP) is 2.11. The van der Waals surface area contributed by atoms with Crippen molar-refractivity contribution in [1.29, 1.82) is 0 Å². The summed E-state index contributed by atoms with van der Waals surface area (Å²) in [6.07, 6.45) is -3.29. The zero-order chi connectivity index (χ0) is 15.3. The van der Waals surface area contributed by atoms with Crippen LogP contribution in [-0.2, 0) is 12.7 Å². The second kappa shape index (κ2) is 6.80. The van der Waals surface area contributed by atoms with Crippen molar-refractivity contribution >= 4 is 6.03 Å². The summed E-state index contributed by atoms with van der Waals surface area (Å²) in [4.78, 5) is 11.6. The second-order valence-corrected chi connectivity index (χ2v) is 5.12. The van der Waals surface area contributed by atoms with Gasteiger partial charge in [0.1, 0.15) is 0 Å². The molecule has 21 heavy (non-hydrogen) atoms. The van der Waals surface area contributed by atoms with E-state index in [2.05, 4.69) is 16.0 Å². The van der Waals surface area contributed by atoms with Gasteiger partial charge in [0.15, 0.2) is 0 Å². The van der Waals surface area contributed by atoms with Crippen LogP contribution < -0.4 is 16.0 Å². The van der Waals surface area contributed by atoms with Gasteiger partial charge in [0, 0.05) is 13.1 Å². The van der Waals surface area contributed by atoms with Crippen molar-refractivity contribution in [3.8, 4) is 0 Å². The van der Waals surface area contributed by atoms with Crippen molar-refractivity contribution in [2.45, 2.75) is 19.1 Å². The number of benzene rings is 1. The number of alkyl halides is 3. The lowest BCUT2D eigenvalue weighted by Gasteiger charge is -2.12. The molecule has 1 unspecified atom stereocenters. The first-order valence-corrected chi connectivity index (χ1v) is 6.83. The van der Waals surface area contributed by atoms with Crippen LogP contribution in [0.25, 0.3) is 0 Å². The highest BCUT2D eigenvalue weighted by Crippen LogP contribution is 2.28. The van der Waals surface area contributed by atoms with Crippen molar-refractivity contribution in [3.05, 3.63) is 35.4 Å². The number of carbonyl (C=O) groups excluding carboxylic acids is 1. The van der Waals surface area contributed by atoms with E-state index in [0.29, 0.717) is 18.0 Å². The van der Waals surface area contributed by atoms with Crippen LogP contribution in [0.5, 0.6) is 0 Å². The number of urea groups is 1. The van der Waals surface area contributed by atoms with E-state index in [1.54, 1.807) is 0 Å². The molecule has 1 aliphatic heterocycles. The summed E-state index contributed by atoms with van der Waals surface area (Å²) in [5.74, 6) is 0.446. The fourth-order valence-electron chi connectivity index (χ4n) is 2.18. The third-order valence-corrected chi connectivity index (χ3v) is 3.45. The third-order valence-electron chi connectivity index (χ3n) is 3.45. The van der Waals surface area contributed by atoms with Gasteiger partial charge in [-0.2, -0.15) is 13.2 Å². The molecule has 1 atom stereocenters. The Morgan fingerprint density at radius 1 is 1.24 bits per heavy atom. The van der Waals surface area contributed by atoms with Crippen LogP contribution in [0.3, 0.4) is 0 Å². The Balaban J connectivity index is 1.73. The summed E-state index contributed by atoms with van der Waals surface area (Å²) in [5, 5.41) is 8.60. The molecule has 1 aromatic carbocycles. The molecule has 7 heteroatoms. The highest BCUT2D eigenvalue weighted by molar-refractivity contribution is 5.73. The van der Waals surface area contributed by atoms with Crippen LogP contribution in [0.4, 0.5) is 18.0 Å². The van der Waals surface area contributed by atoms with Gasteiger partial charge in [-0.15, -0.1) is 0 Å². The average Bonchev–Trinajstić information content (AvgIpc) is 2.95. The molecule has 0 spiro atoms. The first kappa shape index (κ1) is 15.6. The molecule has 1 heterocycles. The lowest BCUT2D eigenvalue weighted by atomic mass is 10.1. The summed E-state index contributed by atoms with van der Waals surface area (Å²) in [7, 11) is 0. The van der Waals surface area contributed by atoms with Crippen LogP contribution >= 0.6 is 0 Å². The normalized spacial score (nSPS) is 18.5. The molecule has 0 aromatic heterocycles. The van der Waals surface area contributed by atoms with Gasteiger partial charge < -0.3 is 16.0 Å². The lowest BCUT2D eigenvalue weighted by molar-refractivity contribution is -0.137. The fraction of sp³-hybridized carbons (Fsp3) is 0.500. The van der Waals surface area contributed by atoms with Gasteiger partial charge in [0.05, 0.1) is 5.56 Å². The summed E-state index contributed by atoms with van der Waals surface area (Å²) < 4.78 is 37.2. The Kier molecular flexibility index (Phi) is 5.06. The number of halogens is 3. The van der Waals surface area contributed by atoms with E-state index in [4.69, 9.17) is 0 Å². The van der Waals surface area contributed by atoms with Crippen LogP contribution in [0.15, 0.2) is 24.3 Å². The van der Waals surface area contributed by atoms with Crippen molar-refractivity contribution in [2.75, 3.05) is 19.6 Å². The third kappa shape index (κ3) is 4.93. The molecule has 0 saturated carbocycles. The average molecular weight is 301 g/mol. The summed E-state index contributed by atoms with van der Waals surface area (Å²) in [6, 6.07) is 4.45. The number of hydrogen-bond donors (Lipinski definition) is 3. The summed E-state index contributed by atoms with van der Waals surface area (Å²) in [5.41, 5.74) is -0.0647. The molecule has 1 fully saturated rings. The number of rotatable bonds is 4. The van der Waals surface area contributed by atoms with Crippen LogP contribution in [0.1, 0.15) is 17.5 Å². The minimum Gasteiger partial charge on any atom is -0.338 e. The summed E-state index contributed by atoms with van der Waals surface area (Å²) in [6.45, 7) is 2.68. The second-order valence-electron chi connectivity index (χ2n) is 5.12. The van der Waals surface area contributed by atoms with E-state index in [1.165, 1.54) is 12.1 Å². The topological polar surface area (TPSA) is 53.2 Å². The summed E-state index contributed by atoms with van der Waals surface area (Å²) >= 11 is 0. The van der Waals surface area contributed by atoms with Gasteiger partial charge in [-0.05, 0) is 43.1 Å². The molecule has 2 rings (SSSR count). The zero-order valence-corrected chi connectivity index (χ0v) is 11.5. The molecular weight excluding hydrogens is 283 g/mol. The predicted molar refractivity (Wildman–Crippen MR) is 72.7 cm³/mol. The lowest BCUT2D eigenvalue weighted by Crippen LogP contribution is -2.38. The van der Waals surface area contributed by atoms with Gasteiger partial charge in [0.2, 0.25) is 0 Å². The van der Waals surface area contributed by atoms with Crippen molar-refractivity contribution < 1.29 is 18.0 Å². The molecule has 0 aliphatic carbocycles. The zero-order valence-electron chi connectivity index (χ0n) is 11.5. The largest absolute Gasteiger partial charge is 0.416 e. The number of nitrogens with one attached hydrogen (secondary N) is 3. The standard InChI is InChI=1S/C14H18F3N3O/c15-14(16,17)12-3-1-10(2-4-12)8-19-13(21)20-9-11-5-6-18-7-11/h1-4,11,18H,5-9H2,(H2,19,20,21). The van der Waals surface area contributed by atoms with Crippen molar-refractivity contribution in [1.82, 2.24) is 16.0 Å². The highest BCUT2D eigenvalue weighted by atomic mass is 19.4. The van der Waals surface area contributed by atoms with Gasteiger partial charge in [-0.25, -0.2) is 4.79 Å². The Labute approximate surface area is 121 Å². The van der Waals surface area contributed by atoms with E-state index in [0.717, 1.165) is 31.6 Å². The molecular formula is C14H18F3N3O. The number of hydrogen-bond acceptors (Lipinski definition) is 2. The first-order valence-electron chi connectivity index (χ1n) is 6.83. The molecule has 3 N–H and O–H groups in total. The SMILES string of the molecule is O=C(NCc1ccc(C(F)(F)F)cc1)NCC1CCNC1. The number of carbonyl (C=O) groups is 1. The highest BCUT2D eigenvalue weighted by Gasteiger charge is 2.29. The van der Waals surface area contributed by atoms with Crippen molar-refractivity contribution in [2.24, 2.45) is 5.92 Å². The maximum atomic E-state index is 12.4. The smallest absolute Gasteiger partial charge is 0.338 e. The van der Waals surface area contributed by atoms with Crippen LogP contribution in [0, 0.1) is 5.92 Å². The number of amides is 2. The van der Waals surface area contributed by atoms with E-state index in [9.17, 15) is 18.0 Å². The van der Waals surface area contributed by atoms with E-state index in [-0.39, 0.29) is 12.6 Å². The maximum absolute atomic E-state index is 12.4. The van der Waals surface area contributed by atoms with E-state index >= 15 is 0 Å². The fourth-order valence-corrected chi connectivity index (χ4v) is 2.18. The van der Waals surface area contributed by atoms with Gasteiger partial charge in [-0.3, -0.25) is 0 Å². The molecule has 1 aliphatic rings. The minimum atomic E-state index is -4.33. The molecule has 1 saturated heterocycles.